The van der Waals surface area contributed by atoms with E-state index in [1.807, 2.05) is 20.8 Å². The molecule has 0 unspecified atom stereocenters. The third kappa shape index (κ3) is 39.2. The Hall–Kier alpha value is -4.16. The van der Waals surface area contributed by atoms with Crippen LogP contribution in [-0.4, -0.2) is 6.18 Å². The van der Waals surface area contributed by atoms with Crippen LogP contribution in [-0.2, 0) is 18.5 Å². The van der Waals surface area contributed by atoms with E-state index in [4.69, 9.17) is 25.7 Å². The molecule has 0 aliphatic heterocycles. The summed E-state index contributed by atoms with van der Waals surface area (Å²) in [4.78, 5) is 0. The molecule has 0 heterocycles. The van der Waals surface area contributed by atoms with Gasteiger partial charge in [-0.05, 0) is 221 Å². The molecule has 0 aromatic heterocycles. The van der Waals surface area contributed by atoms with Gasteiger partial charge in [0.25, 0.3) is 0 Å². The first-order valence-corrected chi connectivity index (χ1v) is 31.7. The molecule has 12 heteroatoms. The maximum atomic E-state index is 12.4. The normalized spacial score (nSPS) is 18.9. The number of benzene rings is 2. The van der Waals surface area contributed by atoms with Crippen LogP contribution >= 0.6 is 0 Å². The van der Waals surface area contributed by atoms with E-state index in [1.54, 1.807) is 13.0 Å². The predicted molar refractivity (Wildman–Crippen MR) is 350 cm³/mol. The van der Waals surface area contributed by atoms with Crippen LogP contribution < -0.4 is 0 Å². The van der Waals surface area contributed by atoms with E-state index in [9.17, 15) is 52.7 Å². The minimum atomic E-state index is -4.77. The third-order valence-corrected chi connectivity index (χ3v) is 17.5. The number of hydrogen-bond donors (Lipinski definition) is 0. The number of halogens is 12. The molecule has 5 aliphatic carbocycles. The molecule has 0 atom stereocenters. The molecule has 2 aromatic rings. The summed E-state index contributed by atoms with van der Waals surface area (Å²) in [6.07, 6.45) is 30.2. The summed E-state index contributed by atoms with van der Waals surface area (Å²) in [5, 5.41) is 0. The van der Waals surface area contributed by atoms with Crippen molar-refractivity contribution in [2.24, 2.45) is 48.7 Å². The van der Waals surface area contributed by atoms with E-state index in [1.165, 1.54) is 142 Å². The van der Waals surface area contributed by atoms with Crippen molar-refractivity contribution in [2.45, 2.75) is 312 Å². The molecule has 0 nitrogen and oxygen atoms in total. The Morgan fingerprint density at radius 3 is 0.932 bits per heavy atom. The highest BCUT2D eigenvalue weighted by Crippen LogP contribution is 2.46. The molecule has 88 heavy (non-hydrogen) atoms. The maximum absolute atomic E-state index is 12.4. The lowest BCUT2D eigenvalue weighted by molar-refractivity contribution is -0.204. The van der Waals surface area contributed by atoms with Crippen LogP contribution in [0, 0.1) is 126 Å². The Bertz CT molecular complexity index is 2390. The summed E-state index contributed by atoms with van der Waals surface area (Å²) in [6, 6.07) is 5.05. The fourth-order valence-electron chi connectivity index (χ4n) is 8.73. The lowest BCUT2D eigenvalue weighted by atomic mass is 9.67. The van der Waals surface area contributed by atoms with E-state index in [0.29, 0.717) is 49.7 Å². The lowest BCUT2D eigenvalue weighted by Gasteiger charge is -2.39. The van der Waals surface area contributed by atoms with Gasteiger partial charge >= 0.3 is 24.7 Å². The van der Waals surface area contributed by atoms with Crippen LogP contribution in [0.2, 0.25) is 0 Å². The molecule has 5 aliphatic rings. The van der Waals surface area contributed by atoms with Crippen molar-refractivity contribution in [3.63, 3.8) is 0 Å². The number of aryl methyl sites for hydroxylation is 2. The van der Waals surface area contributed by atoms with Gasteiger partial charge in [-0.15, -0.1) is 43.5 Å². The first-order chi connectivity index (χ1) is 39.3. The zero-order valence-electron chi connectivity index (χ0n) is 58.9. The second kappa shape index (κ2) is 36.2. The molecule has 0 amide bonds. The summed E-state index contributed by atoms with van der Waals surface area (Å²) < 4.78 is 146. The molecule has 2 aromatic carbocycles. The number of hydrogen-bond acceptors (Lipinski definition) is 0. The fourth-order valence-corrected chi connectivity index (χ4v) is 8.73. The number of rotatable bonds is 2. The van der Waals surface area contributed by atoms with Gasteiger partial charge in [0.05, 0.1) is 22.1 Å². The fraction of sp³-hybridized carbons (Fsp3) is 0.737. The van der Waals surface area contributed by atoms with Crippen LogP contribution in [0.5, 0.6) is 0 Å². The van der Waals surface area contributed by atoms with Crippen LogP contribution in [0.1, 0.15) is 299 Å². The van der Waals surface area contributed by atoms with Crippen LogP contribution in [0.3, 0.4) is 0 Å². The second-order valence-corrected chi connectivity index (χ2v) is 31.0. The standard InChI is InChI=1S/C10H8F6.C10H20.C9H9F3.C9H14.2C7H14.C7H12.C6H8.C6H10.C5H9F3/c1-5-3-7(9(11,12)13)4-8(6(5)2)10(14,15)16;1-9(2)5-7-10(3,4)8-6-9;1-6-4-3-5-8(7(6)2)9(10,11)12;1-3-9(4-2)7-5-6-8-9;2*1-7(2)5-3-4-6-7;1-5-7(3,4)6-2;1-3-6(2)4-5-6;1-5-6(2,3)4;1-4(2,3)5(6,7)8/h3-4H,1-2H3;5-8H2,1-4H3;3-5H,1-2H3;1H,4-8H2,2H3;2*3-6H2,1-2H3;1H,6H2,2-4H3;1H,4-5H2,2H3;1H,2-4H3;1-3H3. The van der Waals surface area contributed by atoms with E-state index >= 15 is 0 Å². The van der Waals surface area contributed by atoms with Gasteiger partial charge in [-0.25, -0.2) is 0 Å². The molecule has 0 saturated heterocycles. The minimum Gasteiger partial charge on any atom is -0.171 e. The van der Waals surface area contributed by atoms with Gasteiger partial charge in [0.1, 0.15) is 0 Å². The SMILES string of the molecule is C#CC(C)(C)C.C#CC(C)(C)CC.C#CC1(C)CC1.C#CC1(CC)CCCC1.CC(C)(C)C(F)(F)F.CC1(C)CCC(C)(C)CC1.CC1(C)CCCC1.CC1(C)CCCC1.Cc1cc(C(F)(F)F)cc(C(F)(F)F)c1C.Cc1cccc(C(F)(F)F)c1C. The summed E-state index contributed by atoms with van der Waals surface area (Å²) in [5.74, 6) is 10.9. The van der Waals surface area contributed by atoms with E-state index < -0.39 is 46.8 Å². The van der Waals surface area contributed by atoms with E-state index in [2.05, 4.69) is 114 Å². The summed E-state index contributed by atoms with van der Waals surface area (Å²) in [6.45, 7) is 44.5. The van der Waals surface area contributed by atoms with Gasteiger partial charge in [-0.1, -0.05) is 147 Å². The Kier molecular flexibility index (Phi) is 36.2. The van der Waals surface area contributed by atoms with Crippen molar-refractivity contribution >= 4 is 0 Å². The van der Waals surface area contributed by atoms with E-state index in [-0.39, 0.29) is 28.0 Å². The smallest absolute Gasteiger partial charge is 0.171 e. The highest BCUT2D eigenvalue weighted by Gasteiger charge is 2.43. The van der Waals surface area contributed by atoms with Gasteiger partial charge in [-0.2, -0.15) is 52.7 Å². The monoisotopic (exact) mass is 1260 g/mol. The summed E-state index contributed by atoms with van der Waals surface area (Å²) >= 11 is 0. The van der Waals surface area contributed by atoms with Crippen LogP contribution in [0.25, 0.3) is 0 Å². The largest absolute Gasteiger partial charge is 0.416 e. The number of terminal acetylenes is 4. The van der Waals surface area contributed by atoms with Gasteiger partial charge in [0.15, 0.2) is 0 Å². The Morgan fingerprint density at radius 1 is 0.420 bits per heavy atom. The van der Waals surface area contributed by atoms with Crippen molar-refractivity contribution in [2.75, 3.05) is 0 Å². The molecule has 5 saturated carbocycles. The molecule has 0 radical (unpaired) electrons. The first-order valence-electron chi connectivity index (χ1n) is 31.7. The zero-order valence-corrected chi connectivity index (χ0v) is 58.9. The van der Waals surface area contributed by atoms with Gasteiger partial charge in [-0.3, -0.25) is 0 Å². The van der Waals surface area contributed by atoms with Gasteiger partial charge in [0.2, 0.25) is 0 Å². The average Bonchev–Trinajstić information content (AvgIpc) is 3.68. The van der Waals surface area contributed by atoms with Crippen molar-refractivity contribution in [1.82, 2.24) is 0 Å². The highest BCUT2D eigenvalue weighted by molar-refractivity contribution is 5.40. The summed E-state index contributed by atoms with van der Waals surface area (Å²) in [7, 11) is 0. The molecule has 7 rings (SSSR count). The van der Waals surface area contributed by atoms with Crippen LogP contribution in [0.15, 0.2) is 30.3 Å². The van der Waals surface area contributed by atoms with Gasteiger partial charge < -0.3 is 0 Å². The Balaban J connectivity index is -0.000000927. The third-order valence-electron chi connectivity index (χ3n) is 17.5. The van der Waals surface area contributed by atoms with Crippen molar-refractivity contribution in [1.29, 1.82) is 0 Å². The second-order valence-electron chi connectivity index (χ2n) is 31.0. The van der Waals surface area contributed by atoms with Crippen molar-refractivity contribution < 1.29 is 52.7 Å². The number of alkyl halides is 12. The molecule has 0 N–H and O–H groups in total. The summed E-state index contributed by atoms with van der Waals surface area (Å²) in [5.41, 5.74) is -0.374. The maximum Gasteiger partial charge on any atom is 0.416 e. The molecule has 5 fully saturated rings. The Morgan fingerprint density at radius 2 is 0.750 bits per heavy atom. The lowest BCUT2D eigenvalue weighted by Crippen LogP contribution is -2.28. The van der Waals surface area contributed by atoms with Crippen molar-refractivity contribution in [3.8, 4) is 49.4 Å². The van der Waals surface area contributed by atoms with Crippen LogP contribution in [0.4, 0.5) is 52.7 Å². The van der Waals surface area contributed by atoms with Crippen molar-refractivity contribution in [3.05, 3.63) is 69.3 Å². The van der Waals surface area contributed by atoms with Gasteiger partial charge in [0, 0.05) is 21.7 Å². The predicted octanol–water partition coefficient (Wildman–Crippen LogP) is 26.8. The average molecular weight is 1260 g/mol. The molecule has 0 spiro atoms. The van der Waals surface area contributed by atoms with E-state index in [0.717, 1.165) is 40.2 Å². The zero-order chi connectivity index (χ0) is 70.0. The molecular weight excluding hydrogens is 1140 g/mol. The minimum absolute atomic E-state index is 0.0258. The molecule has 0 bridgehead atoms. The topological polar surface area (TPSA) is 0 Å². The molecule has 506 valence electrons. The first kappa shape index (κ1) is 88.0. The quantitative estimate of drug-likeness (QED) is 0.208. The Labute approximate surface area is 530 Å². The molecular formula is C76H118F12. The highest BCUT2D eigenvalue weighted by atomic mass is 19.4.